The van der Waals surface area contributed by atoms with Crippen LogP contribution in [0.5, 0.6) is 0 Å². The lowest BCUT2D eigenvalue weighted by Crippen LogP contribution is -2.43. The Morgan fingerprint density at radius 2 is 2.05 bits per heavy atom. The number of carbonyl (C=O) groups is 2. The van der Waals surface area contributed by atoms with Crippen molar-refractivity contribution in [1.29, 1.82) is 0 Å². The number of hydrogen-bond donors (Lipinski definition) is 1. The maximum atomic E-state index is 13.2. The predicted octanol–water partition coefficient (Wildman–Crippen LogP) is 2.20. The Balaban J connectivity index is 1.89. The highest BCUT2D eigenvalue weighted by Gasteiger charge is 2.27. The maximum Gasteiger partial charge on any atom is 0.253 e. The van der Waals surface area contributed by atoms with Gasteiger partial charge in [-0.2, -0.15) is 0 Å². The topological polar surface area (TPSA) is 49.4 Å². The van der Waals surface area contributed by atoms with E-state index in [-0.39, 0.29) is 17.7 Å². The van der Waals surface area contributed by atoms with E-state index >= 15 is 0 Å². The van der Waals surface area contributed by atoms with Crippen LogP contribution in [0.15, 0.2) is 24.3 Å². The molecule has 1 saturated heterocycles. The molecule has 5 heteroatoms. The molecule has 0 atom stereocenters. The first-order valence-corrected chi connectivity index (χ1v) is 7.44. The zero-order valence-electron chi connectivity index (χ0n) is 12.3. The van der Waals surface area contributed by atoms with Crippen LogP contribution in [0.3, 0.4) is 0 Å². The minimum absolute atomic E-state index is 0.0203. The van der Waals surface area contributed by atoms with Gasteiger partial charge in [0.2, 0.25) is 5.91 Å². The van der Waals surface area contributed by atoms with Crippen LogP contribution in [0.2, 0.25) is 0 Å². The Morgan fingerprint density at radius 3 is 2.67 bits per heavy atom. The molecule has 1 heterocycles. The van der Waals surface area contributed by atoms with Gasteiger partial charge in [0.1, 0.15) is 5.82 Å². The zero-order chi connectivity index (χ0) is 15.2. The fourth-order valence-electron chi connectivity index (χ4n) is 2.54. The first-order valence-electron chi connectivity index (χ1n) is 7.44. The Kier molecular flexibility index (Phi) is 5.31. The maximum absolute atomic E-state index is 13.2. The van der Waals surface area contributed by atoms with Gasteiger partial charge in [0.15, 0.2) is 0 Å². The van der Waals surface area contributed by atoms with E-state index in [1.165, 1.54) is 18.2 Å². The van der Waals surface area contributed by atoms with Crippen LogP contribution in [0, 0.1) is 11.7 Å². The van der Waals surface area contributed by atoms with Gasteiger partial charge >= 0.3 is 0 Å². The van der Waals surface area contributed by atoms with Crippen molar-refractivity contribution >= 4 is 11.8 Å². The van der Waals surface area contributed by atoms with Gasteiger partial charge in [-0.25, -0.2) is 4.39 Å². The number of carbonyl (C=O) groups excluding carboxylic acids is 2. The summed E-state index contributed by atoms with van der Waals surface area (Å²) < 4.78 is 13.2. The molecule has 1 fully saturated rings. The van der Waals surface area contributed by atoms with Gasteiger partial charge in [0.05, 0.1) is 0 Å². The number of hydrogen-bond acceptors (Lipinski definition) is 2. The number of likely N-dealkylation sites (tertiary alicyclic amines) is 1. The number of benzene rings is 1. The van der Waals surface area contributed by atoms with Gasteiger partial charge < -0.3 is 10.2 Å². The fraction of sp³-hybridized carbons (Fsp3) is 0.500. The molecule has 2 rings (SSSR count). The normalized spacial score (nSPS) is 15.8. The summed E-state index contributed by atoms with van der Waals surface area (Å²) in [6.45, 7) is 3.79. The van der Waals surface area contributed by atoms with E-state index in [9.17, 15) is 14.0 Å². The molecule has 1 aliphatic rings. The van der Waals surface area contributed by atoms with Crippen LogP contribution in [-0.2, 0) is 4.79 Å². The Bertz CT molecular complexity index is 511. The second-order valence-corrected chi connectivity index (χ2v) is 5.37. The number of piperidine rings is 1. The number of rotatable bonds is 4. The van der Waals surface area contributed by atoms with E-state index in [1.54, 1.807) is 11.0 Å². The molecule has 0 radical (unpaired) electrons. The molecular weight excluding hydrogens is 271 g/mol. The van der Waals surface area contributed by atoms with Gasteiger partial charge in [-0.15, -0.1) is 0 Å². The van der Waals surface area contributed by atoms with E-state index in [4.69, 9.17) is 0 Å². The highest BCUT2D eigenvalue weighted by Crippen LogP contribution is 2.19. The molecule has 2 amide bonds. The smallest absolute Gasteiger partial charge is 0.253 e. The predicted molar refractivity (Wildman–Crippen MR) is 78.3 cm³/mol. The van der Waals surface area contributed by atoms with Crippen molar-refractivity contribution in [2.75, 3.05) is 19.6 Å². The monoisotopic (exact) mass is 292 g/mol. The first-order chi connectivity index (χ1) is 10.1. The van der Waals surface area contributed by atoms with Crippen molar-refractivity contribution in [2.45, 2.75) is 26.2 Å². The number of amides is 2. The summed E-state index contributed by atoms with van der Waals surface area (Å²) in [4.78, 5) is 25.8. The number of nitrogens with one attached hydrogen (secondary N) is 1. The highest BCUT2D eigenvalue weighted by atomic mass is 19.1. The minimum Gasteiger partial charge on any atom is -0.356 e. The summed E-state index contributed by atoms with van der Waals surface area (Å²) in [5, 5.41) is 2.89. The van der Waals surface area contributed by atoms with Crippen LogP contribution in [0.4, 0.5) is 4.39 Å². The first kappa shape index (κ1) is 15.5. The molecule has 0 bridgehead atoms. The third kappa shape index (κ3) is 4.03. The average Bonchev–Trinajstić information content (AvgIpc) is 2.52. The van der Waals surface area contributed by atoms with Crippen molar-refractivity contribution < 1.29 is 14.0 Å². The summed E-state index contributed by atoms with van der Waals surface area (Å²) in [7, 11) is 0. The Labute approximate surface area is 124 Å². The molecule has 114 valence electrons. The van der Waals surface area contributed by atoms with Crippen molar-refractivity contribution in [2.24, 2.45) is 5.92 Å². The van der Waals surface area contributed by atoms with Gasteiger partial charge in [-0.3, -0.25) is 9.59 Å². The molecule has 1 aliphatic heterocycles. The molecule has 1 N–H and O–H groups in total. The quantitative estimate of drug-likeness (QED) is 0.925. The van der Waals surface area contributed by atoms with Gasteiger partial charge in [-0.05, 0) is 37.5 Å². The third-order valence-corrected chi connectivity index (χ3v) is 3.77. The molecule has 1 aromatic rings. The van der Waals surface area contributed by atoms with E-state index in [2.05, 4.69) is 5.32 Å². The minimum atomic E-state index is -0.408. The SMILES string of the molecule is CCCNC(=O)C1CCN(C(=O)c2cccc(F)c2)CC1. The lowest BCUT2D eigenvalue weighted by molar-refractivity contribution is -0.126. The second kappa shape index (κ2) is 7.20. The Morgan fingerprint density at radius 1 is 1.33 bits per heavy atom. The molecule has 4 nitrogen and oxygen atoms in total. The lowest BCUT2D eigenvalue weighted by Gasteiger charge is -2.31. The van der Waals surface area contributed by atoms with Crippen LogP contribution in [0.1, 0.15) is 36.5 Å². The fourth-order valence-corrected chi connectivity index (χ4v) is 2.54. The zero-order valence-corrected chi connectivity index (χ0v) is 12.3. The molecule has 0 aromatic heterocycles. The molecule has 0 saturated carbocycles. The molecule has 1 aromatic carbocycles. The number of halogens is 1. The largest absolute Gasteiger partial charge is 0.356 e. The highest BCUT2D eigenvalue weighted by molar-refractivity contribution is 5.94. The van der Waals surface area contributed by atoms with Gasteiger partial charge in [0.25, 0.3) is 5.91 Å². The van der Waals surface area contributed by atoms with E-state index in [0.717, 1.165) is 6.42 Å². The lowest BCUT2D eigenvalue weighted by atomic mass is 9.95. The van der Waals surface area contributed by atoms with Crippen LogP contribution in [0.25, 0.3) is 0 Å². The summed E-state index contributed by atoms with van der Waals surface area (Å²) >= 11 is 0. The summed E-state index contributed by atoms with van der Waals surface area (Å²) in [6.07, 6.45) is 2.25. The molecule has 0 aliphatic carbocycles. The van der Waals surface area contributed by atoms with Gasteiger partial charge in [0, 0.05) is 31.1 Å². The molecule has 0 spiro atoms. The van der Waals surface area contributed by atoms with Crippen molar-refractivity contribution in [1.82, 2.24) is 10.2 Å². The Hall–Kier alpha value is -1.91. The van der Waals surface area contributed by atoms with Crippen LogP contribution in [-0.4, -0.2) is 36.3 Å². The standard InChI is InChI=1S/C16H21FN2O2/c1-2-8-18-15(20)12-6-9-19(10-7-12)16(21)13-4-3-5-14(17)11-13/h3-5,11-12H,2,6-10H2,1H3,(H,18,20). The van der Waals surface area contributed by atoms with Crippen molar-refractivity contribution in [3.8, 4) is 0 Å². The van der Waals surface area contributed by atoms with Crippen molar-refractivity contribution in [3.05, 3.63) is 35.6 Å². The molecule has 0 unspecified atom stereocenters. The summed E-state index contributed by atoms with van der Waals surface area (Å²) in [6, 6.07) is 5.72. The van der Waals surface area contributed by atoms with Crippen LogP contribution < -0.4 is 5.32 Å². The third-order valence-electron chi connectivity index (χ3n) is 3.77. The second-order valence-electron chi connectivity index (χ2n) is 5.37. The van der Waals surface area contributed by atoms with Crippen LogP contribution >= 0.6 is 0 Å². The van der Waals surface area contributed by atoms with Gasteiger partial charge in [-0.1, -0.05) is 13.0 Å². The number of nitrogens with zero attached hydrogens (tertiary/aromatic N) is 1. The van der Waals surface area contributed by atoms with E-state index < -0.39 is 5.82 Å². The molecule has 21 heavy (non-hydrogen) atoms. The molecular formula is C16H21FN2O2. The van der Waals surface area contributed by atoms with E-state index in [1.807, 2.05) is 6.92 Å². The van der Waals surface area contributed by atoms with E-state index in [0.29, 0.717) is 38.0 Å². The average molecular weight is 292 g/mol. The summed E-state index contributed by atoms with van der Waals surface area (Å²) in [5.41, 5.74) is 0.365. The van der Waals surface area contributed by atoms with Crippen molar-refractivity contribution in [3.63, 3.8) is 0 Å². The summed E-state index contributed by atoms with van der Waals surface area (Å²) in [5.74, 6) is -0.514.